The molecule has 0 radical (unpaired) electrons. The molecule has 0 spiro atoms. The fraction of sp³-hybridized carbons (Fsp3) is 0.263. The van der Waals surface area contributed by atoms with Crippen LogP contribution < -0.4 is 0 Å². The summed E-state index contributed by atoms with van der Waals surface area (Å²) in [4.78, 5) is 9.21. The van der Waals surface area contributed by atoms with Crippen molar-refractivity contribution in [3.63, 3.8) is 0 Å². The Kier molecular flexibility index (Phi) is 9.59. The first-order valence-electron chi connectivity index (χ1n) is 7.87. The predicted molar refractivity (Wildman–Crippen MR) is 108 cm³/mol. The van der Waals surface area contributed by atoms with E-state index < -0.39 is 0 Å². The third-order valence-electron chi connectivity index (χ3n) is 3.97. The van der Waals surface area contributed by atoms with E-state index in [1.54, 1.807) is 0 Å². The molecular formula is C19H20Br2FeN2. The number of para-hydroxylation sites is 2. The van der Waals surface area contributed by atoms with E-state index in [1.165, 1.54) is 19.3 Å². The summed E-state index contributed by atoms with van der Waals surface area (Å²) >= 11 is 7.00. The van der Waals surface area contributed by atoms with E-state index in [1.807, 2.05) is 60.7 Å². The Hall–Kier alpha value is -0.741. The monoisotopic (exact) mass is 490 g/mol. The molecule has 1 saturated carbocycles. The van der Waals surface area contributed by atoms with Crippen molar-refractivity contribution in [2.45, 2.75) is 19.3 Å². The van der Waals surface area contributed by atoms with Gasteiger partial charge in [-0.05, 0) is 37.1 Å². The van der Waals surface area contributed by atoms with Crippen molar-refractivity contribution < 1.29 is 11.3 Å². The van der Waals surface area contributed by atoms with E-state index in [2.05, 4.69) is 50.6 Å². The second-order valence-electron chi connectivity index (χ2n) is 5.54. The number of nitrogens with zero attached hydrogens (tertiary/aromatic N) is 2. The first-order chi connectivity index (χ1) is 11.8. The van der Waals surface area contributed by atoms with Crippen molar-refractivity contribution in [3.05, 3.63) is 60.7 Å². The average Bonchev–Trinajstić information content (AvgIpc) is 3.08. The van der Waals surface area contributed by atoms with Crippen molar-refractivity contribution in [1.82, 2.24) is 0 Å². The average molecular weight is 492 g/mol. The standard InChI is InChI=1S/C19H20N2.2BrH.Fe/c1-3-10-18(11-4-1)20-14-16-8-7-9-17(16)15-21-19-12-5-2-6-13-19;;;/h1-6,10-17H,7-9H2;2*1H;/q;;;+2/p-2. The van der Waals surface area contributed by atoms with Crippen molar-refractivity contribution in [2.24, 2.45) is 21.8 Å². The summed E-state index contributed by atoms with van der Waals surface area (Å²) in [5.74, 6) is 1.02. The van der Waals surface area contributed by atoms with Crippen LogP contribution in [0, 0.1) is 11.8 Å². The second kappa shape index (κ2) is 11.8. The molecule has 0 amide bonds. The van der Waals surface area contributed by atoms with Crippen molar-refractivity contribution >= 4 is 52.0 Å². The van der Waals surface area contributed by atoms with Crippen LogP contribution >= 0.6 is 28.2 Å². The number of rotatable bonds is 4. The third kappa shape index (κ3) is 7.02. The maximum absolute atomic E-state index is 4.61. The molecule has 0 saturated heterocycles. The first-order valence-corrected chi connectivity index (χ1v) is 13.3. The summed E-state index contributed by atoms with van der Waals surface area (Å²) < 4.78 is 0. The van der Waals surface area contributed by atoms with Crippen molar-refractivity contribution in [3.8, 4) is 0 Å². The number of hydrogen-bond donors (Lipinski definition) is 0. The van der Waals surface area contributed by atoms with Gasteiger partial charge in [0.25, 0.3) is 0 Å². The molecule has 3 rings (SSSR count). The van der Waals surface area contributed by atoms with Gasteiger partial charge >= 0.3 is 39.6 Å². The van der Waals surface area contributed by atoms with Gasteiger partial charge in [0.1, 0.15) is 0 Å². The first kappa shape index (κ1) is 19.6. The van der Waals surface area contributed by atoms with E-state index in [-0.39, 0.29) is 0 Å². The van der Waals surface area contributed by atoms with Crippen LogP contribution in [0.4, 0.5) is 11.4 Å². The van der Waals surface area contributed by atoms with E-state index in [0.717, 1.165) is 22.7 Å². The zero-order valence-electron chi connectivity index (χ0n) is 13.2. The van der Waals surface area contributed by atoms with Gasteiger partial charge in [-0.15, -0.1) is 0 Å². The van der Waals surface area contributed by atoms with Gasteiger partial charge in [0.05, 0.1) is 11.4 Å². The maximum atomic E-state index is 4.61. The van der Waals surface area contributed by atoms with Crippen LogP contribution in [0.2, 0.25) is 0 Å². The topological polar surface area (TPSA) is 24.7 Å². The molecule has 0 bridgehead atoms. The molecule has 1 aliphatic rings. The second-order valence-corrected chi connectivity index (χ2v) is 11.1. The van der Waals surface area contributed by atoms with Crippen LogP contribution in [-0.2, 0) is 11.3 Å². The molecule has 128 valence electrons. The van der Waals surface area contributed by atoms with Gasteiger partial charge in [0.15, 0.2) is 0 Å². The molecule has 2 unspecified atom stereocenters. The van der Waals surface area contributed by atoms with Gasteiger partial charge in [-0.25, -0.2) is 0 Å². The van der Waals surface area contributed by atoms with Gasteiger partial charge in [-0.2, -0.15) is 0 Å². The molecule has 2 aromatic rings. The molecule has 5 heteroatoms. The van der Waals surface area contributed by atoms with Gasteiger partial charge in [-0.1, -0.05) is 42.8 Å². The van der Waals surface area contributed by atoms with Crippen LogP contribution in [0.3, 0.4) is 0 Å². The summed E-state index contributed by atoms with van der Waals surface area (Å²) in [6.45, 7) is 0. The fourth-order valence-electron chi connectivity index (χ4n) is 2.78. The Balaban J connectivity index is 0.000000647. The molecule has 24 heavy (non-hydrogen) atoms. The van der Waals surface area contributed by atoms with E-state index >= 15 is 0 Å². The van der Waals surface area contributed by atoms with Gasteiger partial charge in [-0.3, -0.25) is 9.98 Å². The van der Waals surface area contributed by atoms with Crippen LogP contribution in [0.1, 0.15) is 19.3 Å². The normalized spacial score (nSPS) is 20.4. The molecule has 0 aliphatic heterocycles. The summed E-state index contributed by atoms with van der Waals surface area (Å²) in [5, 5.41) is 0. The molecule has 2 aromatic carbocycles. The van der Waals surface area contributed by atoms with Gasteiger partial charge < -0.3 is 0 Å². The SMILES string of the molecule is C(=Nc1ccccc1)C1CCCC1C=Nc1ccccc1.[Br][Fe][Br]. The molecule has 0 aromatic heterocycles. The number of halogens is 2. The Labute approximate surface area is 164 Å². The van der Waals surface area contributed by atoms with Crippen molar-refractivity contribution in [2.75, 3.05) is 0 Å². The summed E-state index contributed by atoms with van der Waals surface area (Å²) in [5.41, 5.74) is 2.06. The Morgan fingerprint density at radius 1 is 0.750 bits per heavy atom. The molecule has 0 N–H and O–H groups in total. The Bertz CT molecular complexity index is 577. The number of hydrogen-bond acceptors (Lipinski definition) is 2. The Morgan fingerprint density at radius 2 is 1.12 bits per heavy atom. The predicted octanol–water partition coefficient (Wildman–Crippen LogP) is 6.90. The van der Waals surface area contributed by atoms with Gasteiger partial charge in [0, 0.05) is 24.3 Å². The number of aliphatic imine (C=N–C) groups is 2. The van der Waals surface area contributed by atoms with Crippen LogP contribution in [0.25, 0.3) is 0 Å². The summed E-state index contributed by atoms with van der Waals surface area (Å²) in [7, 11) is 0. The van der Waals surface area contributed by atoms with E-state index in [4.69, 9.17) is 0 Å². The van der Waals surface area contributed by atoms with Crippen LogP contribution in [0.5, 0.6) is 0 Å². The van der Waals surface area contributed by atoms with E-state index in [0.29, 0.717) is 11.8 Å². The fourth-order valence-corrected chi connectivity index (χ4v) is 2.78. The van der Waals surface area contributed by atoms with Gasteiger partial charge in [0.2, 0.25) is 0 Å². The summed E-state index contributed by atoms with van der Waals surface area (Å²) in [6, 6.07) is 20.3. The van der Waals surface area contributed by atoms with Crippen LogP contribution in [0.15, 0.2) is 70.6 Å². The molecule has 2 atom stereocenters. The summed E-state index contributed by atoms with van der Waals surface area (Å²) in [6.07, 6.45) is 7.91. The quantitative estimate of drug-likeness (QED) is 0.328. The van der Waals surface area contributed by atoms with Crippen molar-refractivity contribution in [1.29, 1.82) is 0 Å². The number of benzene rings is 2. The zero-order chi connectivity index (χ0) is 17.0. The van der Waals surface area contributed by atoms with E-state index in [9.17, 15) is 0 Å². The third-order valence-corrected chi connectivity index (χ3v) is 3.97. The van der Waals surface area contributed by atoms with Crippen LogP contribution in [-0.4, -0.2) is 12.4 Å². The zero-order valence-corrected chi connectivity index (χ0v) is 17.5. The molecule has 1 aliphatic carbocycles. The Morgan fingerprint density at radius 3 is 1.50 bits per heavy atom. The minimum atomic E-state index is 0.512. The minimum absolute atomic E-state index is 0.512. The molecule has 1 fully saturated rings. The molecule has 0 heterocycles. The molecular weight excluding hydrogens is 472 g/mol. The molecule has 2 nitrogen and oxygen atoms in total.